The van der Waals surface area contributed by atoms with Gasteiger partial charge in [-0.05, 0) is 17.7 Å². The van der Waals surface area contributed by atoms with Gasteiger partial charge in [-0.1, -0.05) is 23.7 Å². The molecule has 0 amide bonds. The normalized spacial score (nSPS) is 13.4. The fourth-order valence-corrected chi connectivity index (χ4v) is 1.90. The summed E-state index contributed by atoms with van der Waals surface area (Å²) >= 11 is 5.71. The summed E-state index contributed by atoms with van der Waals surface area (Å²) in [6.45, 7) is 0. The molecule has 0 heterocycles. The summed E-state index contributed by atoms with van der Waals surface area (Å²) in [5, 5.41) is 9.49. The smallest absolute Gasteiger partial charge is 0.196 e. The van der Waals surface area contributed by atoms with Crippen molar-refractivity contribution in [2.45, 2.75) is 6.04 Å². The Balaban J connectivity index is 2.95. The van der Waals surface area contributed by atoms with Gasteiger partial charge in [0.1, 0.15) is 6.04 Å². The highest BCUT2D eigenvalue weighted by Gasteiger charge is 2.20. The van der Waals surface area contributed by atoms with Crippen LogP contribution in [0.4, 0.5) is 0 Å². The standard InChI is InChI=1S/C10H12ClN3O2S/c1-14(2)17(15,16)13-10(7-12)8-3-5-9(11)6-4-8/h3-6,10,13H,1-2H3. The molecule has 17 heavy (non-hydrogen) atoms. The third kappa shape index (κ3) is 3.68. The van der Waals surface area contributed by atoms with E-state index in [0.717, 1.165) is 4.31 Å². The lowest BCUT2D eigenvalue weighted by atomic mass is 10.1. The molecule has 1 atom stereocenters. The van der Waals surface area contributed by atoms with Crippen molar-refractivity contribution in [3.05, 3.63) is 34.9 Å². The maximum Gasteiger partial charge on any atom is 0.280 e. The Bertz CT molecular complexity index is 519. The fraction of sp³-hybridized carbons (Fsp3) is 0.300. The van der Waals surface area contributed by atoms with Gasteiger partial charge in [0.25, 0.3) is 10.2 Å². The molecule has 0 aromatic heterocycles. The minimum absolute atomic E-state index is 0.529. The molecule has 5 nitrogen and oxygen atoms in total. The van der Waals surface area contributed by atoms with Crippen molar-refractivity contribution in [1.82, 2.24) is 9.03 Å². The molecule has 0 spiro atoms. The van der Waals surface area contributed by atoms with Crippen LogP contribution in [0.1, 0.15) is 11.6 Å². The molecular formula is C10H12ClN3O2S. The molecule has 0 radical (unpaired) electrons. The fourth-order valence-electron chi connectivity index (χ4n) is 1.08. The van der Waals surface area contributed by atoms with Gasteiger partial charge in [0, 0.05) is 19.1 Å². The summed E-state index contributed by atoms with van der Waals surface area (Å²) < 4.78 is 26.4. The molecule has 7 heteroatoms. The largest absolute Gasteiger partial charge is 0.280 e. The second-order valence-corrected chi connectivity index (χ2v) is 5.87. The predicted molar refractivity (Wildman–Crippen MR) is 65.5 cm³/mol. The van der Waals surface area contributed by atoms with Crippen molar-refractivity contribution < 1.29 is 8.42 Å². The van der Waals surface area contributed by atoms with E-state index in [2.05, 4.69) is 4.72 Å². The Kier molecular flexibility index (Phi) is 4.48. The Labute approximate surface area is 106 Å². The first-order valence-electron chi connectivity index (χ1n) is 4.71. The number of nitrogens with zero attached hydrogens (tertiary/aromatic N) is 2. The van der Waals surface area contributed by atoms with Gasteiger partial charge < -0.3 is 0 Å². The van der Waals surface area contributed by atoms with E-state index in [1.54, 1.807) is 24.3 Å². The van der Waals surface area contributed by atoms with Crippen LogP contribution >= 0.6 is 11.6 Å². The number of benzene rings is 1. The number of nitriles is 1. The number of hydrogen-bond acceptors (Lipinski definition) is 3. The minimum atomic E-state index is -3.64. The highest BCUT2D eigenvalue weighted by molar-refractivity contribution is 7.87. The van der Waals surface area contributed by atoms with E-state index >= 15 is 0 Å². The Morgan fingerprint density at radius 3 is 2.29 bits per heavy atom. The van der Waals surface area contributed by atoms with Gasteiger partial charge in [0.05, 0.1) is 6.07 Å². The number of rotatable bonds is 4. The first kappa shape index (κ1) is 13.9. The summed E-state index contributed by atoms with van der Waals surface area (Å²) in [5.74, 6) is 0. The van der Waals surface area contributed by atoms with Crippen molar-refractivity contribution in [1.29, 1.82) is 5.26 Å². The molecule has 0 saturated heterocycles. The summed E-state index contributed by atoms with van der Waals surface area (Å²) in [6, 6.07) is 7.37. The van der Waals surface area contributed by atoms with E-state index < -0.39 is 16.3 Å². The first-order valence-corrected chi connectivity index (χ1v) is 6.53. The van der Waals surface area contributed by atoms with E-state index in [-0.39, 0.29) is 0 Å². The van der Waals surface area contributed by atoms with Crippen LogP contribution in [0.2, 0.25) is 5.02 Å². The molecule has 1 N–H and O–H groups in total. The van der Waals surface area contributed by atoms with Crippen molar-refractivity contribution in [2.24, 2.45) is 0 Å². The first-order chi connectivity index (χ1) is 7.86. The van der Waals surface area contributed by atoms with Crippen LogP contribution in [0.5, 0.6) is 0 Å². The lowest BCUT2D eigenvalue weighted by molar-refractivity contribution is 0.500. The molecule has 0 aliphatic carbocycles. The van der Waals surface area contributed by atoms with E-state index in [0.29, 0.717) is 10.6 Å². The molecule has 0 aliphatic heterocycles. The molecule has 1 aromatic carbocycles. The molecule has 1 rings (SSSR count). The molecule has 92 valence electrons. The monoisotopic (exact) mass is 273 g/mol. The van der Waals surface area contributed by atoms with Crippen molar-refractivity contribution >= 4 is 21.8 Å². The van der Waals surface area contributed by atoms with Gasteiger partial charge in [-0.15, -0.1) is 0 Å². The van der Waals surface area contributed by atoms with E-state index in [9.17, 15) is 8.42 Å². The zero-order valence-corrected chi connectivity index (χ0v) is 11.0. The quantitative estimate of drug-likeness (QED) is 0.899. The summed E-state index contributed by atoms with van der Waals surface area (Å²) in [7, 11) is -0.865. The second kappa shape index (κ2) is 5.47. The molecular weight excluding hydrogens is 262 g/mol. The van der Waals surface area contributed by atoms with Crippen molar-refractivity contribution in [3.8, 4) is 6.07 Å². The van der Waals surface area contributed by atoms with Crippen LogP contribution in [0.15, 0.2) is 24.3 Å². The summed E-state index contributed by atoms with van der Waals surface area (Å²) in [6.07, 6.45) is 0. The van der Waals surface area contributed by atoms with Crippen LogP contribution in [-0.4, -0.2) is 26.8 Å². The minimum Gasteiger partial charge on any atom is -0.196 e. The van der Waals surface area contributed by atoms with Crippen LogP contribution in [-0.2, 0) is 10.2 Å². The third-order valence-electron chi connectivity index (χ3n) is 2.08. The Morgan fingerprint density at radius 1 is 1.35 bits per heavy atom. The molecule has 0 bridgehead atoms. The number of hydrogen-bond donors (Lipinski definition) is 1. The molecule has 1 aromatic rings. The molecule has 0 fully saturated rings. The lowest BCUT2D eigenvalue weighted by Gasteiger charge is -2.16. The third-order valence-corrected chi connectivity index (χ3v) is 3.83. The van der Waals surface area contributed by atoms with Gasteiger partial charge in [-0.3, -0.25) is 0 Å². The van der Waals surface area contributed by atoms with Gasteiger partial charge in [-0.25, -0.2) is 0 Å². The topological polar surface area (TPSA) is 73.2 Å². The Morgan fingerprint density at radius 2 is 1.88 bits per heavy atom. The van der Waals surface area contributed by atoms with Crippen LogP contribution in [0, 0.1) is 11.3 Å². The summed E-state index contributed by atoms with van der Waals surface area (Å²) in [4.78, 5) is 0. The highest BCUT2D eigenvalue weighted by atomic mass is 35.5. The van der Waals surface area contributed by atoms with E-state index in [1.807, 2.05) is 6.07 Å². The Hall–Kier alpha value is -1.13. The van der Waals surface area contributed by atoms with Gasteiger partial charge in [0.2, 0.25) is 0 Å². The van der Waals surface area contributed by atoms with Crippen molar-refractivity contribution in [2.75, 3.05) is 14.1 Å². The highest BCUT2D eigenvalue weighted by Crippen LogP contribution is 2.17. The van der Waals surface area contributed by atoms with Crippen LogP contribution in [0.25, 0.3) is 0 Å². The van der Waals surface area contributed by atoms with Crippen LogP contribution in [0.3, 0.4) is 0 Å². The number of halogens is 1. The van der Waals surface area contributed by atoms with E-state index in [4.69, 9.17) is 16.9 Å². The zero-order chi connectivity index (χ0) is 13.1. The second-order valence-electron chi connectivity index (χ2n) is 3.52. The average molecular weight is 274 g/mol. The summed E-state index contributed by atoms with van der Waals surface area (Å²) in [5.41, 5.74) is 0.544. The van der Waals surface area contributed by atoms with Gasteiger partial charge in [0.15, 0.2) is 0 Å². The molecule has 0 saturated carbocycles. The van der Waals surface area contributed by atoms with E-state index in [1.165, 1.54) is 14.1 Å². The average Bonchev–Trinajstić information content (AvgIpc) is 2.27. The molecule has 1 unspecified atom stereocenters. The number of nitrogens with one attached hydrogen (secondary N) is 1. The van der Waals surface area contributed by atoms with Crippen LogP contribution < -0.4 is 4.72 Å². The van der Waals surface area contributed by atoms with Crippen molar-refractivity contribution in [3.63, 3.8) is 0 Å². The zero-order valence-electron chi connectivity index (χ0n) is 9.38. The maximum atomic E-state index is 11.6. The molecule has 0 aliphatic rings. The van der Waals surface area contributed by atoms with Gasteiger partial charge in [-0.2, -0.15) is 22.7 Å². The SMILES string of the molecule is CN(C)S(=O)(=O)NC(C#N)c1ccc(Cl)cc1. The predicted octanol–water partition coefficient (Wildman–Crippen LogP) is 1.30. The maximum absolute atomic E-state index is 11.6. The lowest BCUT2D eigenvalue weighted by Crippen LogP contribution is -2.37. The van der Waals surface area contributed by atoms with Gasteiger partial charge >= 0.3 is 0 Å².